The fourth-order valence-corrected chi connectivity index (χ4v) is 8.11. The summed E-state index contributed by atoms with van der Waals surface area (Å²) in [5.74, 6) is -8.66. The highest BCUT2D eigenvalue weighted by Gasteiger charge is 2.85. The zero-order chi connectivity index (χ0) is 26.4. The molecule has 0 heterocycles. The first-order chi connectivity index (χ1) is 13.8. The molecule has 0 bridgehead atoms. The zero-order valence-corrected chi connectivity index (χ0v) is 19.2. The van der Waals surface area contributed by atoms with Gasteiger partial charge in [0, 0.05) is 6.54 Å². The van der Waals surface area contributed by atoms with Crippen LogP contribution >= 0.6 is 0 Å². The number of sulfonamides is 1. The van der Waals surface area contributed by atoms with Crippen molar-refractivity contribution in [1.29, 1.82) is 0 Å². The lowest BCUT2D eigenvalue weighted by Gasteiger charge is -2.33. The first kappa shape index (κ1) is 30.2. The molecule has 10 nitrogen and oxygen atoms in total. The number of halogens is 6. The Morgan fingerprint density at radius 1 is 0.969 bits per heavy atom. The summed E-state index contributed by atoms with van der Waals surface area (Å²) in [5.41, 5.74) is -1.37. The van der Waals surface area contributed by atoms with E-state index in [0.29, 0.717) is 6.92 Å². The summed E-state index contributed by atoms with van der Waals surface area (Å²) in [6.45, 7) is 7.10. The molecule has 0 saturated heterocycles. The second-order valence-corrected chi connectivity index (χ2v) is 13.7. The Kier molecular flexibility index (Phi) is 8.03. The van der Waals surface area contributed by atoms with E-state index in [2.05, 4.69) is 11.4 Å². The molecule has 1 unspecified atom stereocenters. The molecule has 0 rings (SSSR count). The summed E-state index contributed by atoms with van der Waals surface area (Å²) in [7, 11) is -19.9. The molecule has 1 N–H and O–H groups in total. The van der Waals surface area contributed by atoms with Gasteiger partial charge in [-0.15, -0.1) is 0 Å². The Morgan fingerprint density at radius 2 is 1.38 bits per heavy atom. The molecule has 32 heavy (non-hydrogen) atoms. The summed E-state index contributed by atoms with van der Waals surface area (Å²) < 4.78 is 152. The number of alkyl halides is 6. The van der Waals surface area contributed by atoms with Gasteiger partial charge in [0.2, 0.25) is 9.84 Å². The number of carbonyl (C=O) groups is 1. The lowest BCUT2D eigenvalue weighted by molar-refractivity contribution is -0.244. The standard InChI is InChI=1S/C13H18F6N2O8S3/c1-6-21(9(22)23)32(28,29)13(18,19)11(14,15)12(16,17)31(26,27)8(20-5)30(24,25)7-10(2,3)4/h5,8H,6-7H2,1-4H3/p+1. The average molecular weight is 541 g/mol. The molecule has 0 spiro atoms. The molecular weight excluding hydrogens is 522 g/mol. The van der Waals surface area contributed by atoms with Crippen LogP contribution < -0.4 is 0 Å². The van der Waals surface area contributed by atoms with E-state index in [1.165, 1.54) is 0 Å². The molecule has 0 aromatic heterocycles. The van der Waals surface area contributed by atoms with E-state index >= 15 is 0 Å². The van der Waals surface area contributed by atoms with Crippen LogP contribution in [0.1, 0.15) is 27.7 Å². The van der Waals surface area contributed by atoms with Crippen molar-refractivity contribution in [2.24, 2.45) is 5.41 Å². The Bertz CT molecular complexity index is 1110. The van der Waals surface area contributed by atoms with Crippen LogP contribution in [0.3, 0.4) is 0 Å². The summed E-state index contributed by atoms with van der Waals surface area (Å²) in [4.78, 5) is 12.9. The van der Waals surface area contributed by atoms with Crippen LogP contribution in [-0.4, -0.2) is 74.2 Å². The van der Waals surface area contributed by atoms with Gasteiger partial charge in [-0.2, -0.15) is 39.1 Å². The topological polar surface area (TPSA) is 147 Å². The van der Waals surface area contributed by atoms with Gasteiger partial charge in [0.05, 0.1) is 5.75 Å². The van der Waals surface area contributed by atoms with Gasteiger partial charge in [-0.1, -0.05) is 20.8 Å². The van der Waals surface area contributed by atoms with Gasteiger partial charge in [0.15, 0.2) is 0 Å². The summed E-state index contributed by atoms with van der Waals surface area (Å²) in [6, 6.07) is 0. The van der Waals surface area contributed by atoms with E-state index in [0.717, 1.165) is 20.8 Å². The van der Waals surface area contributed by atoms with Crippen molar-refractivity contribution in [1.82, 2.24) is 4.31 Å². The molecule has 0 aliphatic carbocycles. The number of hydrogen-bond acceptors (Lipinski definition) is 7. The van der Waals surface area contributed by atoms with E-state index in [1.807, 2.05) is 0 Å². The third-order valence-electron chi connectivity index (χ3n) is 3.53. The largest absolute Gasteiger partial charge is 0.470 e. The van der Waals surface area contributed by atoms with Crippen LogP contribution in [0.25, 0.3) is 4.85 Å². The van der Waals surface area contributed by atoms with Crippen molar-refractivity contribution >= 4 is 35.8 Å². The van der Waals surface area contributed by atoms with Crippen molar-refractivity contribution < 1.29 is 61.5 Å². The molecule has 1 amide bonds. The fraction of sp³-hybridized carbons (Fsp3) is 0.846. The Morgan fingerprint density at radius 3 is 1.66 bits per heavy atom. The number of rotatable bonds is 9. The van der Waals surface area contributed by atoms with E-state index < -0.39 is 78.9 Å². The maximum absolute atomic E-state index is 14.3. The molecule has 0 fully saturated rings. The minimum atomic E-state index is -7.37. The smallest absolute Gasteiger partial charge is 0.464 e. The maximum Gasteiger partial charge on any atom is 0.470 e. The highest BCUT2D eigenvalue weighted by molar-refractivity contribution is 8.09. The van der Waals surface area contributed by atoms with E-state index in [4.69, 9.17) is 5.11 Å². The molecule has 0 radical (unpaired) electrons. The van der Waals surface area contributed by atoms with Gasteiger partial charge < -0.3 is 5.11 Å². The minimum Gasteiger partial charge on any atom is -0.464 e. The third-order valence-corrected chi connectivity index (χ3v) is 10.7. The number of sulfone groups is 2. The van der Waals surface area contributed by atoms with Crippen molar-refractivity contribution in [2.75, 3.05) is 12.3 Å². The molecule has 0 aliphatic heterocycles. The van der Waals surface area contributed by atoms with Crippen LogP contribution in [0.4, 0.5) is 31.1 Å². The molecule has 0 aromatic rings. The van der Waals surface area contributed by atoms with Gasteiger partial charge in [-0.3, -0.25) is 0 Å². The van der Waals surface area contributed by atoms with E-state index in [1.54, 1.807) is 0 Å². The minimum absolute atomic E-state index is 0.567. The van der Waals surface area contributed by atoms with Gasteiger partial charge in [0.1, 0.15) is 0 Å². The van der Waals surface area contributed by atoms with Crippen LogP contribution in [0.15, 0.2) is 0 Å². The van der Waals surface area contributed by atoms with Crippen molar-refractivity contribution in [2.45, 2.75) is 48.8 Å². The van der Waals surface area contributed by atoms with Gasteiger partial charge >= 0.3 is 47.1 Å². The summed E-state index contributed by atoms with van der Waals surface area (Å²) in [6.07, 6.45) is -2.77. The highest BCUT2D eigenvalue weighted by atomic mass is 32.3. The predicted octanol–water partition coefficient (Wildman–Crippen LogP) is 2.26. The van der Waals surface area contributed by atoms with Gasteiger partial charge in [-0.25, -0.2) is 21.6 Å². The monoisotopic (exact) mass is 541 g/mol. The van der Waals surface area contributed by atoms with Crippen LogP contribution in [0.2, 0.25) is 0 Å². The first-order valence-corrected chi connectivity index (χ1v) is 12.7. The predicted molar refractivity (Wildman–Crippen MR) is 98.4 cm³/mol. The molecule has 0 aromatic carbocycles. The van der Waals surface area contributed by atoms with Crippen LogP contribution in [0.5, 0.6) is 0 Å². The van der Waals surface area contributed by atoms with Crippen LogP contribution in [-0.2, 0) is 29.7 Å². The average Bonchev–Trinajstić information content (AvgIpc) is 2.51. The lowest BCUT2D eigenvalue weighted by atomic mass is 10.0. The molecule has 19 heteroatoms. The Labute approximate surface area is 179 Å². The normalized spacial score (nSPS) is 15.7. The quantitative estimate of drug-likeness (QED) is 0.437. The lowest BCUT2D eigenvalue weighted by Crippen LogP contribution is -2.65. The van der Waals surface area contributed by atoms with E-state index in [-0.39, 0.29) is 0 Å². The molecule has 0 saturated carbocycles. The Balaban J connectivity index is 6.94. The summed E-state index contributed by atoms with van der Waals surface area (Å²) in [5, 5.41) is -5.55. The molecule has 0 aliphatic rings. The Hall–Kier alpha value is -1.81. The van der Waals surface area contributed by atoms with Gasteiger partial charge in [0.25, 0.3) is 6.57 Å². The van der Waals surface area contributed by atoms with Gasteiger partial charge in [-0.05, 0) is 17.2 Å². The maximum atomic E-state index is 14.3. The van der Waals surface area contributed by atoms with E-state index in [9.17, 15) is 56.4 Å². The number of amides is 1. The summed E-state index contributed by atoms with van der Waals surface area (Å²) >= 11 is 0. The van der Waals surface area contributed by atoms with Crippen LogP contribution in [0, 0.1) is 12.0 Å². The van der Waals surface area contributed by atoms with Crippen molar-refractivity contribution in [3.8, 4) is 6.57 Å². The number of carboxylic acid groups (broad SMARTS) is 1. The van der Waals surface area contributed by atoms with Crippen molar-refractivity contribution in [3.05, 3.63) is 4.85 Å². The zero-order valence-electron chi connectivity index (χ0n) is 16.8. The fourth-order valence-electron chi connectivity index (χ4n) is 2.22. The highest BCUT2D eigenvalue weighted by Crippen LogP contribution is 2.53. The molecule has 1 atom stereocenters. The molecule has 188 valence electrons. The SMILES string of the molecule is C#[N+]C(S(=O)(=O)CC(C)(C)C)S(=O)(=O)C(F)(F)C(F)(F)C(F)(F)S(=O)(=O)N(CC)C(=O)O. The second-order valence-electron chi connectivity index (χ2n) is 7.43. The second kappa shape index (κ2) is 8.52. The first-order valence-electron chi connectivity index (χ1n) is 8.03. The number of nitrogens with zero attached hydrogens (tertiary/aromatic N) is 2. The number of hydrogen-bond donors (Lipinski definition) is 1. The van der Waals surface area contributed by atoms with Crippen molar-refractivity contribution in [3.63, 3.8) is 0 Å². The molecular formula is C13H19F6N2O8S3+. The third kappa shape index (κ3) is 4.76.